The summed E-state index contributed by atoms with van der Waals surface area (Å²) in [7, 11) is 0. The first-order valence-corrected chi connectivity index (χ1v) is 4.98. The van der Waals surface area contributed by atoms with Crippen molar-refractivity contribution in [1.82, 2.24) is 9.78 Å². The van der Waals surface area contributed by atoms with Gasteiger partial charge in [0.15, 0.2) is 0 Å². The van der Waals surface area contributed by atoms with Crippen LogP contribution in [0.3, 0.4) is 0 Å². The van der Waals surface area contributed by atoms with Crippen molar-refractivity contribution in [3.63, 3.8) is 0 Å². The van der Waals surface area contributed by atoms with Crippen molar-refractivity contribution in [1.29, 1.82) is 0 Å². The summed E-state index contributed by atoms with van der Waals surface area (Å²) < 4.78 is 13.8. The van der Waals surface area contributed by atoms with Gasteiger partial charge in [-0.2, -0.15) is 9.78 Å². The fraction of sp³-hybridized carbons (Fsp3) is 0.0909. The molecule has 2 rings (SSSR count). The molecule has 0 bridgehead atoms. The van der Waals surface area contributed by atoms with E-state index in [9.17, 15) is 9.18 Å². The second kappa shape index (κ2) is 4.06. The Labute approximate surface area is 96.1 Å². The van der Waals surface area contributed by atoms with Gasteiger partial charge in [0.05, 0.1) is 11.9 Å². The van der Waals surface area contributed by atoms with E-state index >= 15 is 0 Å². The molecule has 0 amide bonds. The molecule has 1 aromatic heterocycles. The molecule has 3 nitrogen and oxygen atoms in total. The number of aryl methyl sites for hydroxylation is 1. The molecule has 0 saturated heterocycles. The molecule has 0 atom stereocenters. The van der Waals surface area contributed by atoms with Crippen LogP contribution in [0.15, 0.2) is 35.3 Å². The molecule has 2 aromatic rings. The molecule has 0 fully saturated rings. The Kier molecular flexibility index (Phi) is 2.75. The summed E-state index contributed by atoms with van der Waals surface area (Å²) in [5.41, 5.74) is 0.687. The van der Waals surface area contributed by atoms with Crippen LogP contribution in [0.2, 0.25) is 5.02 Å². The number of nitrogens with zero attached hydrogens (tertiary/aromatic N) is 2. The quantitative estimate of drug-likeness (QED) is 0.764. The van der Waals surface area contributed by atoms with E-state index in [1.807, 2.05) is 0 Å². The predicted octanol–water partition coefficient (Wildman–Crippen LogP) is 2.33. The first-order chi connectivity index (χ1) is 7.59. The highest BCUT2D eigenvalue weighted by Gasteiger charge is 2.07. The predicted molar refractivity (Wildman–Crippen MR) is 59.5 cm³/mol. The molecule has 0 N–H and O–H groups in total. The minimum absolute atomic E-state index is 0.124. The first-order valence-electron chi connectivity index (χ1n) is 4.60. The van der Waals surface area contributed by atoms with Crippen LogP contribution in [0.5, 0.6) is 0 Å². The van der Waals surface area contributed by atoms with E-state index in [-0.39, 0.29) is 10.8 Å². The number of hydrogen-bond acceptors (Lipinski definition) is 2. The van der Waals surface area contributed by atoms with E-state index in [4.69, 9.17) is 11.6 Å². The molecule has 0 spiro atoms. The molecule has 0 aliphatic carbocycles. The topological polar surface area (TPSA) is 34.9 Å². The fourth-order valence-corrected chi connectivity index (χ4v) is 1.41. The van der Waals surface area contributed by atoms with Crippen LogP contribution in [0.1, 0.15) is 5.56 Å². The smallest absolute Gasteiger partial charge is 0.266 e. The summed E-state index contributed by atoms with van der Waals surface area (Å²) in [4.78, 5) is 11.7. The van der Waals surface area contributed by atoms with Crippen LogP contribution in [0.4, 0.5) is 4.39 Å². The van der Waals surface area contributed by atoms with Crippen molar-refractivity contribution >= 4 is 11.6 Å². The Bertz CT molecular complexity index is 578. The molecule has 1 heterocycles. The maximum Gasteiger partial charge on any atom is 0.290 e. The van der Waals surface area contributed by atoms with E-state index in [0.29, 0.717) is 11.3 Å². The van der Waals surface area contributed by atoms with Crippen molar-refractivity contribution in [3.05, 3.63) is 57.2 Å². The number of aromatic nitrogens is 2. The molecule has 16 heavy (non-hydrogen) atoms. The maximum absolute atomic E-state index is 12.7. The van der Waals surface area contributed by atoms with Gasteiger partial charge in [-0.05, 0) is 36.8 Å². The normalized spacial score (nSPS) is 10.4. The lowest BCUT2D eigenvalue weighted by atomic mass is 10.3. The molecule has 5 heteroatoms. The van der Waals surface area contributed by atoms with Crippen molar-refractivity contribution in [2.45, 2.75) is 6.92 Å². The van der Waals surface area contributed by atoms with Crippen LogP contribution in [-0.2, 0) is 0 Å². The third kappa shape index (κ3) is 1.84. The Morgan fingerprint density at radius 1 is 1.31 bits per heavy atom. The lowest BCUT2D eigenvalue weighted by Crippen LogP contribution is -2.22. The van der Waals surface area contributed by atoms with Gasteiger partial charge >= 0.3 is 0 Å². The third-order valence-electron chi connectivity index (χ3n) is 2.16. The third-order valence-corrected chi connectivity index (χ3v) is 2.62. The summed E-state index contributed by atoms with van der Waals surface area (Å²) in [5.74, 6) is -0.366. The number of benzene rings is 1. The zero-order valence-corrected chi connectivity index (χ0v) is 9.20. The second-order valence-corrected chi connectivity index (χ2v) is 3.71. The van der Waals surface area contributed by atoms with Crippen molar-refractivity contribution in [2.75, 3.05) is 0 Å². The molecule has 0 aliphatic heterocycles. The van der Waals surface area contributed by atoms with Gasteiger partial charge in [-0.15, -0.1) is 0 Å². The minimum Gasteiger partial charge on any atom is -0.266 e. The largest absolute Gasteiger partial charge is 0.290 e. The molecular formula is C11H8ClFN2O. The summed E-state index contributed by atoms with van der Waals surface area (Å²) in [6, 6.07) is 5.46. The Balaban J connectivity index is 2.61. The van der Waals surface area contributed by atoms with Gasteiger partial charge in [0, 0.05) is 0 Å². The van der Waals surface area contributed by atoms with Gasteiger partial charge in [0.1, 0.15) is 10.8 Å². The van der Waals surface area contributed by atoms with Crippen molar-refractivity contribution in [3.8, 4) is 5.69 Å². The van der Waals surface area contributed by atoms with Crippen molar-refractivity contribution in [2.24, 2.45) is 0 Å². The lowest BCUT2D eigenvalue weighted by Gasteiger charge is -2.05. The molecular weight excluding hydrogens is 231 g/mol. The monoisotopic (exact) mass is 238 g/mol. The highest BCUT2D eigenvalue weighted by Crippen LogP contribution is 2.10. The second-order valence-electron chi connectivity index (χ2n) is 3.33. The Hall–Kier alpha value is -1.68. The average Bonchev–Trinajstić information content (AvgIpc) is 2.28. The van der Waals surface area contributed by atoms with Gasteiger partial charge in [0.2, 0.25) is 0 Å². The van der Waals surface area contributed by atoms with Gasteiger partial charge in [-0.25, -0.2) is 4.39 Å². The Morgan fingerprint density at radius 3 is 2.56 bits per heavy atom. The fourth-order valence-electron chi connectivity index (χ4n) is 1.28. The highest BCUT2D eigenvalue weighted by molar-refractivity contribution is 6.31. The molecule has 0 saturated carbocycles. The SMILES string of the molecule is Cc1cnn(-c2ccc(F)cc2)c(=O)c1Cl. The lowest BCUT2D eigenvalue weighted by molar-refractivity contribution is 0.626. The van der Waals surface area contributed by atoms with E-state index in [2.05, 4.69) is 5.10 Å². The van der Waals surface area contributed by atoms with E-state index in [1.165, 1.54) is 30.5 Å². The molecule has 82 valence electrons. The van der Waals surface area contributed by atoms with Gasteiger partial charge in [-0.1, -0.05) is 11.6 Å². The van der Waals surface area contributed by atoms with Gasteiger partial charge in [0.25, 0.3) is 5.56 Å². The van der Waals surface area contributed by atoms with Crippen LogP contribution in [0, 0.1) is 12.7 Å². The van der Waals surface area contributed by atoms with Crippen LogP contribution < -0.4 is 5.56 Å². The molecule has 0 unspecified atom stereocenters. The summed E-state index contributed by atoms with van der Waals surface area (Å²) in [5, 5.41) is 4.06. The summed E-state index contributed by atoms with van der Waals surface area (Å²) in [6.45, 7) is 1.70. The van der Waals surface area contributed by atoms with E-state index in [0.717, 1.165) is 4.68 Å². The zero-order chi connectivity index (χ0) is 11.7. The van der Waals surface area contributed by atoms with Gasteiger partial charge < -0.3 is 0 Å². The number of hydrogen-bond donors (Lipinski definition) is 0. The number of rotatable bonds is 1. The van der Waals surface area contributed by atoms with E-state index < -0.39 is 5.56 Å². The van der Waals surface area contributed by atoms with E-state index in [1.54, 1.807) is 6.92 Å². The average molecular weight is 239 g/mol. The Morgan fingerprint density at radius 2 is 1.94 bits per heavy atom. The van der Waals surface area contributed by atoms with Crippen molar-refractivity contribution < 1.29 is 4.39 Å². The molecule has 0 radical (unpaired) electrons. The van der Waals surface area contributed by atoms with Crippen LogP contribution in [0.25, 0.3) is 5.69 Å². The zero-order valence-electron chi connectivity index (χ0n) is 8.45. The summed E-state index contributed by atoms with van der Waals surface area (Å²) in [6.07, 6.45) is 1.49. The highest BCUT2D eigenvalue weighted by atomic mass is 35.5. The minimum atomic E-state index is -0.409. The number of halogens is 2. The first kappa shape index (κ1) is 10.8. The maximum atomic E-state index is 12.7. The molecule has 0 aliphatic rings. The summed E-state index contributed by atoms with van der Waals surface area (Å²) >= 11 is 5.82. The van der Waals surface area contributed by atoms with Crippen LogP contribution >= 0.6 is 11.6 Å². The molecule has 1 aromatic carbocycles. The standard InChI is InChI=1S/C11H8ClFN2O/c1-7-6-14-15(11(16)10(7)12)9-4-2-8(13)3-5-9/h2-6H,1H3. The van der Waals surface area contributed by atoms with Gasteiger partial charge in [-0.3, -0.25) is 4.79 Å². The van der Waals surface area contributed by atoms with Crippen LogP contribution in [-0.4, -0.2) is 9.78 Å².